The Hall–Kier alpha value is -2.19. The van der Waals surface area contributed by atoms with Crippen LogP contribution in [0.3, 0.4) is 0 Å². The number of thiophene rings is 2. The summed E-state index contributed by atoms with van der Waals surface area (Å²) in [6.45, 7) is 3.54. The number of aryl methyl sites for hydroxylation is 2. The molecule has 0 unspecified atom stereocenters. The van der Waals surface area contributed by atoms with Gasteiger partial charge in [0.15, 0.2) is 5.78 Å². The summed E-state index contributed by atoms with van der Waals surface area (Å²) in [5, 5.41) is 0.840. The minimum atomic E-state index is -0.581. The van der Waals surface area contributed by atoms with Crippen LogP contribution in [0.2, 0.25) is 9.36 Å². The SMILES string of the molecule is Cc1sc2c(c1C)c(=O)n(-c1cccc(Cl)c1)c(=O)n2CC(=O)c1ccc(Cl)s1. The molecular formula is C20H14Cl2N2O3S2. The van der Waals surface area contributed by atoms with Crippen LogP contribution in [0.25, 0.3) is 15.9 Å². The van der Waals surface area contributed by atoms with Crippen molar-refractivity contribution in [1.82, 2.24) is 9.13 Å². The van der Waals surface area contributed by atoms with E-state index >= 15 is 0 Å². The smallest absolute Gasteiger partial charge is 0.291 e. The zero-order valence-electron chi connectivity index (χ0n) is 15.4. The molecule has 0 saturated carbocycles. The standard InChI is InChI=1S/C20H14Cl2N2O3S2/c1-10-11(2)28-19-17(10)18(26)24(13-5-3-4-12(21)8-13)20(27)23(19)9-14(25)15-6-7-16(22)29-15/h3-8H,9H2,1-2H3. The van der Waals surface area contributed by atoms with E-state index in [1.54, 1.807) is 36.4 Å². The van der Waals surface area contributed by atoms with Crippen LogP contribution in [0, 0.1) is 13.8 Å². The normalized spacial score (nSPS) is 11.3. The number of fused-ring (bicyclic) bond motifs is 1. The summed E-state index contributed by atoms with van der Waals surface area (Å²) in [5.74, 6) is -0.245. The van der Waals surface area contributed by atoms with Gasteiger partial charge in [-0.3, -0.25) is 14.2 Å². The quantitative estimate of drug-likeness (QED) is 0.395. The van der Waals surface area contributed by atoms with Crippen LogP contribution in [0.4, 0.5) is 0 Å². The maximum absolute atomic E-state index is 13.3. The van der Waals surface area contributed by atoms with E-state index in [0.717, 1.165) is 26.3 Å². The topological polar surface area (TPSA) is 61.1 Å². The lowest BCUT2D eigenvalue weighted by Crippen LogP contribution is -2.39. The van der Waals surface area contributed by atoms with Crippen LogP contribution >= 0.6 is 45.9 Å². The van der Waals surface area contributed by atoms with Gasteiger partial charge < -0.3 is 0 Å². The fourth-order valence-electron chi connectivity index (χ4n) is 3.13. The van der Waals surface area contributed by atoms with E-state index in [-0.39, 0.29) is 12.3 Å². The molecule has 0 bridgehead atoms. The third kappa shape index (κ3) is 3.48. The van der Waals surface area contributed by atoms with Gasteiger partial charge >= 0.3 is 5.69 Å². The fourth-order valence-corrected chi connectivity index (χ4v) is 5.42. The highest BCUT2D eigenvalue weighted by molar-refractivity contribution is 7.19. The van der Waals surface area contributed by atoms with Crippen molar-refractivity contribution in [1.29, 1.82) is 0 Å². The number of hydrogen-bond donors (Lipinski definition) is 0. The molecule has 0 aliphatic rings. The molecule has 0 amide bonds. The largest absolute Gasteiger partial charge is 0.337 e. The summed E-state index contributed by atoms with van der Waals surface area (Å²) in [6, 6.07) is 9.80. The van der Waals surface area contributed by atoms with Crippen molar-refractivity contribution < 1.29 is 4.79 Å². The molecule has 0 radical (unpaired) electrons. The number of halogens is 2. The van der Waals surface area contributed by atoms with Crippen molar-refractivity contribution in [3.63, 3.8) is 0 Å². The first-order valence-electron chi connectivity index (χ1n) is 8.58. The third-order valence-corrected chi connectivity index (χ3v) is 7.40. The van der Waals surface area contributed by atoms with Gasteiger partial charge in [-0.15, -0.1) is 22.7 Å². The zero-order valence-corrected chi connectivity index (χ0v) is 18.5. The molecule has 0 aliphatic carbocycles. The molecule has 4 rings (SSSR count). The van der Waals surface area contributed by atoms with Gasteiger partial charge in [0.05, 0.1) is 26.8 Å². The van der Waals surface area contributed by atoms with Gasteiger partial charge in [-0.05, 0) is 49.7 Å². The summed E-state index contributed by atoms with van der Waals surface area (Å²) < 4.78 is 2.93. The Morgan fingerprint density at radius 2 is 1.83 bits per heavy atom. The molecular weight excluding hydrogens is 451 g/mol. The Morgan fingerprint density at radius 1 is 1.07 bits per heavy atom. The molecule has 0 N–H and O–H groups in total. The number of carbonyl (C=O) groups is 1. The van der Waals surface area contributed by atoms with Crippen LogP contribution in [-0.2, 0) is 6.54 Å². The molecule has 5 nitrogen and oxygen atoms in total. The molecule has 0 spiro atoms. The van der Waals surface area contributed by atoms with Crippen molar-refractivity contribution in [3.05, 3.63) is 81.9 Å². The summed E-state index contributed by atoms with van der Waals surface area (Å²) in [6.07, 6.45) is 0. The second-order valence-corrected chi connectivity index (χ2v) is 9.83. The number of nitrogens with zero attached hydrogens (tertiary/aromatic N) is 2. The molecule has 4 aromatic rings. The molecule has 9 heteroatoms. The van der Waals surface area contributed by atoms with E-state index in [2.05, 4.69) is 0 Å². The molecule has 3 aromatic heterocycles. The van der Waals surface area contributed by atoms with Crippen molar-refractivity contribution >= 4 is 61.9 Å². The van der Waals surface area contributed by atoms with Gasteiger partial charge in [0, 0.05) is 9.90 Å². The van der Waals surface area contributed by atoms with E-state index in [4.69, 9.17) is 23.2 Å². The third-order valence-electron chi connectivity index (χ3n) is 4.67. The number of aromatic nitrogens is 2. The number of ketones is 1. The highest BCUT2D eigenvalue weighted by atomic mass is 35.5. The predicted octanol–water partition coefficient (Wildman–Crippen LogP) is 5.08. The first-order chi connectivity index (χ1) is 13.8. The second-order valence-electron chi connectivity index (χ2n) is 6.48. The summed E-state index contributed by atoms with van der Waals surface area (Å²) >= 11 is 14.5. The van der Waals surface area contributed by atoms with E-state index in [1.165, 1.54) is 15.9 Å². The molecule has 0 atom stereocenters. The maximum Gasteiger partial charge on any atom is 0.337 e. The zero-order chi connectivity index (χ0) is 20.9. The number of carbonyl (C=O) groups excluding carboxylic acids is 1. The molecule has 1 aromatic carbocycles. The van der Waals surface area contributed by atoms with Gasteiger partial charge in [0.25, 0.3) is 5.56 Å². The first-order valence-corrected chi connectivity index (χ1v) is 11.0. The van der Waals surface area contributed by atoms with Crippen molar-refractivity contribution in [2.75, 3.05) is 0 Å². The Kier molecular flexibility index (Phi) is 5.25. The molecule has 3 heterocycles. The monoisotopic (exact) mass is 464 g/mol. The Bertz CT molecular complexity index is 1400. The van der Waals surface area contributed by atoms with Crippen molar-refractivity contribution in [3.8, 4) is 5.69 Å². The van der Waals surface area contributed by atoms with Gasteiger partial charge in [0.2, 0.25) is 0 Å². The maximum atomic E-state index is 13.3. The molecule has 0 aliphatic heterocycles. The molecule has 0 saturated heterocycles. The van der Waals surface area contributed by atoms with E-state index in [0.29, 0.717) is 30.1 Å². The predicted molar refractivity (Wildman–Crippen MR) is 120 cm³/mol. The summed E-state index contributed by atoms with van der Waals surface area (Å²) in [5.41, 5.74) is 0.156. The lowest BCUT2D eigenvalue weighted by molar-refractivity contribution is 0.0975. The Balaban J connectivity index is 2.01. The first kappa shape index (κ1) is 20.1. The lowest BCUT2D eigenvalue weighted by atomic mass is 10.2. The van der Waals surface area contributed by atoms with Crippen molar-refractivity contribution in [2.45, 2.75) is 20.4 Å². The van der Waals surface area contributed by atoms with Crippen molar-refractivity contribution in [2.24, 2.45) is 0 Å². The number of benzene rings is 1. The Morgan fingerprint density at radius 3 is 2.48 bits per heavy atom. The molecule has 148 valence electrons. The number of hydrogen-bond acceptors (Lipinski definition) is 5. The average molecular weight is 465 g/mol. The van der Waals surface area contributed by atoms with Crippen LogP contribution in [-0.4, -0.2) is 14.9 Å². The lowest BCUT2D eigenvalue weighted by Gasteiger charge is -2.12. The highest BCUT2D eigenvalue weighted by Crippen LogP contribution is 2.28. The molecule has 29 heavy (non-hydrogen) atoms. The minimum Gasteiger partial charge on any atom is -0.291 e. The van der Waals surface area contributed by atoms with Crippen LogP contribution in [0.5, 0.6) is 0 Å². The minimum absolute atomic E-state index is 0.188. The second kappa shape index (κ2) is 7.57. The molecule has 0 fully saturated rings. The Labute approximate surface area is 183 Å². The van der Waals surface area contributed by atoms with Crippen LogP contribution < -0.4 is 11.2 Å². The van der Waals surface area contributed by atoms with E-state index in [1.807, 2.05) is 13.8 Å². The van der Waals surface area contributed by atoms with E-state index < -0.39 is 11.2 Å². The summed E-state index contributed by atoms with van der Waals surface area (Å²) in [4.78, 5) is 41.2. The number of Topliss-reactive ketones (excluding diaryl/α,β-unsaturated/α-hetero) is 1. The van der Waals surface area contributed by atoms with E-state index in [9.17, 15) is 14.4 Å². The van der Waals surface area contributed by atoms with Gasteiger partial charge in [-0.2, -0.15) is 0 Å². The average Bonchev–Trinajstić information content (AvgIpc) is 3.23. The van der Waals surface area contributed by atoms with Crippen LogP contribution in [0.15, 0.2) is 46.0 Å². The van der Waals surface area contributed by atoms with Gasteiger partial charge in [0.1, 0.15) is 4.83 Å². The number of rotatable bonds is 4. The summed E-state index contributed by atoms with van der Waals surface area (Å²) in [7, 11) is 0. The van der Waals surface area contributed by atoms with Gasteiger partial charge in [-0.1, -0.05) is 29.3 Å². The fraction of sp³-hybridized carbons (Fsp3) is 0.150. The van der Waals surface area contributed by atoms with Gasteiger partial charge in [-0.25, -0.2) is 9.36 Å². The van der Waals surface area contributed by atoms with Crippen LogP contribution in [0.1, 0.15) is 20.1 Å². The highest BCUT2D eigenvalue weighted by Gasteiger charge is 2.22.